The molecule has 41 heavy (non-hydrogen) atoms. The zero-order chi connectivity index (χ0) is 27.6. The summed E-state index contributed by atoms with van der Waals surface area (Å²) in [6.45, 7) is 2.37. The molecule has 0 saturated carbocycles. The summed E-state index contributed by atoms with van der Waals surface area (Å²) in [5.74, 6) is 1.83. The minimum atomic E-state index is -0.312. The van der Waals surface area contributed by atoms with E-state index in [0.29, 0.717) is 37.9 Å². The first-order chi connectivity index (χ1) is 20.2. The van der Waals surface area contributed by atoms with Crippen molar-refractivity contribution in [3.05, 3.63) is 113 Å². The van der Waals surface area contributed by atoms with Crippen LogP contribution in [0.2, 0.25) is 0 Å². The number of anilines is 3. The van der Waals surface area contributed by atoms with Gasteiger partial charge in [0, 0.05) is 43.3 Å². The summed E-state index contributed by atoms with van der Waals surface area (Å²) in [6.07, 6.45) is 2.91. The molecule has 2 atom stereocenters. The number of carbonyl (C=O) groups is 1. The predicted octanol–water partition coefficient (Wildman–Crippen LogP) is 4.54. The summed E-state index contributed by atoms with van der Waals surface area (Å²) >= 11 is 0. The number of hydrogen-bond acceptors (Lipinski definition) is 7. The molecule has 2 aromatic heterocycles. The van der Waals surface area contributed by atoms with Gasteiger partial charge in [-0.05, 0) is 29.2 Å². The highest BCUT2D eigenvalue weighted by Gasteiger charge is 2.44. The van der Waals surface area contributed by atoms with Gasteiger partial charge in [0.15, 0.2) is 5.82 Å². The SMILES string of the molecule is O=C(NCc1ccccc1)C1CN(Cc2ccccc2)c2nc(NCCc3c[nH]c4ccccc34)nc3c2C1NN3. The number of nitrogens with zero attached hydrogens (tertiary/aromatic N) is 3. The van der Waals surface area contributed by atoms with Crippen LogP contribution in [0, 0.1) is 5.92 Å². The van der Waals surface area contributed by atoms with E-state index in [1.54, 1.807) is 0 Å². The zero-order valence-corrected chi connectivity index (χ0v) is 22.6. The van der Waals surface area contributed by atoms with Gasteiger partial charge in [0.1, 0.15) is 5.82 Å². The first-order valence-corrected chi connectivity index (χ1v) is 14.1. The van der Waals surface area contributed by atoms with E-state index in [0.717, 1.165) is 34.4 Å². The van der Waals surface area contributed by atoms with Crippen LogP contribution < -0.4 is 26.4 Å². The number of hydrazine groups is 1. The molecule has 0 bridgehead atoms. The molecule has 9 nitrogen and oxygen atoms in total. The maximum absolute atomic E-state index is 13.5. The van der Waals surface area contributed by atoms with Gasteiger partial charge in [-0.2, -0.15) is 9.97 Å². The molecule has 5 N–H and O–H groups in total. The van der Waals surface area contributed by atoms with Crippen LogP contribution in [0.3, 0.4) is 0 Å². The number of benzene rings is 3. The smallest absolute Gasteiger partial charge is 0.227 e. The molecule has 1 amide bonds. The van der Waals surface area contributed by atoms with Crippen molar-refractivity contribution in [2.75, 3.05) is 28.7 Å². The molecule has 3 aromatic carbocycles. The Labute approximate surface area is 238 Å². The summed E-state index contributed by atoms with van der Waals surface area (Å²) < 4.78 is 0. The van der Waals surface area contributed by atoms with Gasteiger partial charge in [0.2, 0.25) is 11.9 Å². The van der Waals surface area contributed by atoms with E-state index in [9.17, 15) is 4.79 Å². The number of hydrogen-bond donors (Lipinski definition) is 5. The maximum atomic E-state index is 13.5. The molecule has 0 fully saturated rings. The molecular weight excluding hydrogens is 512 g/mol. The molecule has 5 aromatic rings. The lowest BCUT2D eigenvalue weighted by Gasteiger charge is -2.37. The lowest BCUT2D eigenvalue weighted by molar-refractivity contribution is -0.125. The number of nitrogens with one attached hydrogen (secondary N) is 5. The Balaban J connectivity index is 1.13. The lowest BCUT2D eigenvalue weighted by atomic mass is 9.89. The Hall–Kier alpha value is -4.89. The van der Waals surface area contributed by atoms with Crippen molar-refractivity contribution in [1.82, 2.24) is 25.7 Å². The lowest BCUT2D eigenvalue weighted by Crippen LogP contribution is -2.48. The van der Waals surface area contributed by atoms with Gasteiger partial charge in [0.05, 0.1) is 17.5 Å². The van der Waals surface area contributed by atoms with Crippen LogP contribution in [0.1, 0.15) is 28.3 Å². The van der Waals surface area contributed by atoms with Crippen LogP contribution in [-0.2, 0) is 24.3 Å². The Morgan fingerprint density at radius 3 is 2.51 bits per heavy atom. The molecule has 2 unspecified atom stereocenters. The van der Waals surface area contributed by atoms with Gasteiger partial charge in [-0.25, -0.2) is 5.43 Å². The van der Waals surface area contributed by atoms with E-state index in [1.807, 2.05) is 54.6 Å². The average molecular weight is 545 g/mol. The van der Waals surface area contributed by atoms with Crippen LogP contribution in [0.25, 0.3) is 10.9 Å². The number of aromatic nitrogens is 3. The molecule has 0 radical (unpaired) electrons. The van der Waals surface area contributed by atoms with Crippen molar-refractivity contribution in [3.8, 4) is 0 Å². The number of aromatic amines is 1. The zero-order valence-electron chi connectivity index (χ0n) is 22.6. The van der Waals surface area contributed by atoms with E-state index in [1.165, 1.54) is 10.9 Å². The highest BCUT2D eigenvalue weighted by Crippen LogP contribution is 2.44. The fourth-order valence-electron chi connectivity index (χ4n) is 5.85. The fraction of sp³-hybridized carbons (Fsp3) is 0.219. The predicted molar refractivity (Wildman–Crippen MR) is 161 cm³/mol. The third-order valence-electron chi connectivity index (χ3n) is 7.92. The van der Waals surface area contributed by atoms with Crippen molar-refractivity contribution in [3.63, 3.8) is 0 Å². The van der Waals surface area contributed by atoms with Crippen LogP contribution in [0.5, 0.6) is 0 Å². The van der Waals surface area contributed by atoms with Crippen molar-refractivity contribution in [2.24, 2.45) is 5.92 Å². The summed E-state index contributed by atoms with van der Waals surface area (Å²) in [6, 6.07) is 28.4. The van der Waals surface area contributed by atoms with E-state index in [-0.39, 0.29) is 17.9 Å². The van der Waals surface area contributed by atoms with Crippen molar-refractivity contribution < 1.29 is 4.79 Å². The maximum Gasteiger partial charge on any atom is 0.227 e. The van der Waals surface area contributed by atoms with Crippen molar-refractivity contribution in [1.29, 1.82) is 0 Å². The second-order valence-corrected chi connectivity index (χ2v) is 10.6. The van der Waals surface area contributed by atoms with E-state index >= 15 is 0 Å². The van der Waals surface area contributed by atoms with Gasteiger partial charge in [-0.3, -0.25) is 4.79 Å². The van der Waals surface area contributed by atoms with Gasteiger partial charge < -0.3 is 25.9 Å². The summed E-state index contributed by atoms with van der Waals surface area (Å²) in [4.78, 5) is 28.9. The molecule has 0 aliphatic carbocycles. The number of rotatable bonds is 9. The summed E-state index contributed by atoms with van der Waals surface area (Å²) in [7, 11) is 0. The quantitative estimate of drug-likeness (QED) is 0.185. The monoisotopic (exact) mass is 544 g/mol. The van der Waals surface area contributed by atoms with Crippen LogP contribution in [0.4, 0.5) is 17.6 Å². The third-order valence-corrected chi connectivity index (χ3v) is 7.92. The second kappa shape index (κ2) is 10.9. The highest BCUT2D eigenvalue weighted by atomic mass is 16.2. The molecule has 0 saturated heterocycles. The van der Waals surface area contributed by atoms with Crippen molar-refractivity contribution in [2.45, 2.75) is 25.6 Å². The number of carbonyl (C=O) groups excluding carboxylic acids is 1. The second-order valence-electron chi connectivity index (χ2n) is 10.6. The topological polar surface area (TPSA) is 110 Å². The molecule has 9 heteroatoms. The number of H-pyrrole nitrogens is 1. The average Bonchev–Trinajstić information content (AvgIpc) is 3.63. The van der Waals surface area contributed by atoms with Gasteiger partial charge in [0.25, 0.3) is 0 Å². The number of amides is 1. The van der Waals surface area contributed by atoms with E-state index in [2.05, 4.69) is 67.9 Å². The highest BCUT2D eigenvalue weighted by molar-refractivity contribution is 5.84. The normalized spacial score (nSPS) is 17.2. The van der Waals surface area contributed by atoms with Gasteiger partial charge >= 0.3 is 0 Å². The first-order valence-electron chi connectivity index (χ1n) is 14.1. The van der Waals surface area contributed by atoms with E-state index in [4.69, 9.17) is 9.97 Å². The molecule has 2 aliphatic heterocycles. The number of para-hydroxylation sites is 1. The van der Waals surface area contributed by atoms with Gasteiger partial charge in [-0.1, -0.05) is 78.9 Å². The van der Waals surface area contributed by atoms with Crippen LogP contribution >= 0.6 is 0 Å². The molecule has 206 valence electrons. The van der Waals surface area contributed by atoms with Crippen molar-refractivity contribution >= 4 is 34.4 Å². The minimum absolute atomic E-state index is 0.00523. The largest absolute Gasteiger partial charge is 0.361 e. The molecule has 2 aliphatic rings. The molecule has 7 rings (SSSR count). The Kier molecular flexibility index (Phi) is 6.70. The third kappa shape index (κ3) is 5.07. The van der Waals surface area contributed by atoms with E-state index < -0.39 is 0 Å². The Bertz CT molecular complexity index is 1670. The van der Waals surface area contributed by atoms with Crippen LogP contribution in [0.15, 0.2) is 91.1 Å². The fourth-order valence-corrected chi connectivity index (χ4v) is 5.85. The van der Waals surface area contributed by atoms with Gasteiger partial charge in [-0.15, -0.1) is 0 Å². The first kappa shape index (κ1) is 25.1. The Morgan fingerprint density at radius 1 is 0.927 bits per heavy atom. The van der Waals surface area contributed by atoms with Crippen LogP contribution in [-0.4, -0.2) is 33.9 Å². The summed E-state index contributed by atoms with van der Waals surface area (Å²) in [5.41, 5.74) is 12.1. The minimum Gasteiger partial charge on any atom is -0.361 e. The Morgan fingerprint density at radius 2 is 1.68 bits per heavy atom. The standard InChI is InChI=1S/C32H32N8O/c41-31(35-17-21-9-3-1-4-10-21)25-20-40(19-22-11-5-2-6-12-22)30-27-28(25)38-39-29(27)36-32(37-30)33-16-15-23-18-34-26-14-8-7-13-24(23)26/h1-14,18,25,28,34,38H,15-17,19-20H2,(H,35,41)(H2,33,36,37,39). The molecule has 4 heterocycles. The molecule has 0 spiro atoms. The number of fused-ring (bicyclic) bond motifs is 1. The summed E-state index contributed by atoms with van der Waals surface area (Å²) in [5, 5.41) is 7.82. The molecular formula is C32H32N8O.